The van der Waals surface area contributed by atoms with Crippen molar-refractivity contribution in [1.29, 1.82) is 0 Å². The molecule has 2 heterocycles. The number of nitrogens with zero attached hydrogens (tertiary/aromatic N) is 4. The maximum atomic E-state index is 12.9. The van der Waals surface area contributed by atoms with Crippen LogP contribution in [-0.2, 0) is 0 Å². The van der Waals surface area contributed by atoms with Crippen LogP contribution in [0.2, 0.25) is 0 Å². The molecule has 1 aliphatic heterocycles. The van der Waals surface area contributed by atoms with Gasteiger partial charge in [-0.05, 0) is 47.2 Å². The Morgan fingerprint density at radius 1 is 1.26 bits per heavy atom. The second-order valence-corrected chi connectivity index (χ2v) is 8.39. The van der Waals surface area contributed by atoms with Gasteiger partial charge in [-0.3, -0.25) is 4.79 Å². The number of aliphatic hydroxyl groups is 1. The minimum Gasteiger partial charge on any atom is -0.394 e. The van der Waals surface area contributed by atoms with Gasteiger partial charge >= 0.3 is 0 Å². The van der Waals surface area contributed by atoms with Crippen LogP contribution in [0.15, 0.2) is 0 Å². The van der Waals surface area contributed by atoms with Gasteiger partial charge in [0.2, 0.25) is 5.82 Å². The molecule has 1 aromatic heterocycles. The molecule has 2 N–H and O–H groups in total. The number of aryl methyl sites for hydroxylation is 1. The summed E-state index contributed by atoms with van der Waals surface area (Å²) in [5, 5.41) is 12.9. The lowest BCUT2D eigenvalue weighted by Crippen LogP contribution is -2.52. The summed E-state index contributed by atoms with van der Waals surface area (Å²) in [5.41, 5.74) is 1.34. The number of carbonyl (C=O) groups is 1. The highest BCUT2D eigenvalue weighted by atomic mass is 16.3. The van der Waals surface area contributed by atoms with E-state index in [1.54, 1.807) is 0 Å². The Labute approximate surface area is 162 Å². The van der Waals surface area contributed by atoms with Crippen molar-refractivity contribution in [1.82, 2.24) is 20.2 Å². The predicted molar refractivity (Wildman–Crippen MR) is 106 cm³/mol. The van der Waals surface area contributed by atoms with Crippen LogP contribution < -0.4 is 10.2 Å². The van der Waals surface area contributed by atoms with Gasteiger partial charge in [0.25, 0.3) is 5.91 Å². The van der Waals surface area contributed by atoms with E-state index in [4.69, 9.17) is 0 Å². The second kappa shape index (κ2) is 8.10. The molecule has 1 aliphatic carbocycles. The third kappa shape index (κ3) is 4.24. The van der Waals surface area contributed by atoms with Gasteiger partial charge in [0.15, 0.2) is 0 Å². The minimum atomic E-state index is -0.526. The lowest BCUT2D eigenvalue weighted by atomic mass is 9.82. The van der Waals surface area contributed by atoms with Crippen LogP contribution in [0, 0.1) is 13.8 Å². The van der Waals surface area contributed by atoms with E-state index in [0.717, 1.165) is 68.7 Å². The van der Waals surface area contributed by atoms with E-state index in [2.05, 4.69) is 39.2 Å². The Kier molecular flexibility index (Phi) is 6.01. The number of hydrogen-bond acceptors (Lipinski definition) is 6. The van der Waals surface area contributed by atoms with E-state index in [-0.39, 0.29) is 18.3 Å². The van der Waals surface area contributed by atoms with Crippen molar-refractivity contribution in [3.05, 3.63) is 17.1 Å². The molecule has 1 saturated carbocycles. The fourth-order valence-corrected chi connectivity index (χ4v) is 4.23. The molecule has 1 atom stereocenters. The van der Waals surface area contributed by atoms with E-state index >= 15 is 0 Å². The maximum Gasteiger partial charge on any atom is 0.289 e. The number of hydrogen-bond donors (Lipinski definition) is 2. The highest BCUT2D eigenvalue weighted by Crippen LogP contribution is 2.29. The van der Waals surface area contributed by atoms with Crippen molar-refractivity contribution in [2.75, 3.05) is 38.7 Å². The van der Waals surface area contributed by atoms with E-state index in [1.807, 2.05) is 13.8 Å². The number of amides is 1. The molecule has 27 heavy (non-hydrogen) atoms. The molecule has 1 saturated heterocycles. The van der Waals surface area contributed by atoms with E-state index in [0.29, 0.717) is 6.04 Å². The average Bonchev–Trinajstić information content (AvgIpc) is 3.14. The number of aliphatic hydroxyl groups excluding tert-OH is 1. The van der Waals surface area contributed by atoms with Crippen molar-refractivity contribution in [2.45, 2.75) is 64.0 Å². The van der Waals surface area contributed by atoms with Gasteiger partial charge in [-0.2, -0.15) is 0 Å². The van der Waals surface area contributed by atoms with Crippen molar-refractivity contribution in [3.8, 4) is 0 Å². The molecule has 1 aromatic rings. The van der Waals surface area contributed by atoms with Crippen molar-refractivity contribution < 1.29 is 9.90 Å². The first-order valence-electron chi connectivity index (χ1n) is 10.1. The minimum absolute atomic E-state index is 0.0346. The Morgan fingerprint density at radius 3 is 2.56 bits per heavy atom. The van der Waals surface area contributed by atoms with Gasteiger partial charge in [-0.25, -0.2) is 9.97 Å². The zero-order valence-electron chi connectivity index (χ0n) is 17.1. The monoisotopic (exact) mass is 375 g/mol. The highest BCUT2D eigenvalue weighted by molar-refractivity contribution is 5.91. The second-order valence-electron chi connectivity index (χ2n) is 8.39. The number of aromatic nitrogens is 2. The highest BCUT2D eigenvalue weighted by Gasteiger charge is 2.34. The van der Waals surface area contributed by atoms with Crippen LogP contribution in [0.3, 0.4) is 0 Å². The largest absolute Gasteiger partial charge is 0.394 e. The van der Waals surface area contributed by atoms with Crippen molar-refractivity contribution in [2.24, 2.45) is 0 Å². The topological polar surface area (TPSA) is 81.6 Å². The molecule has 2 aliphatic rings. The van der Waals surface area contributed by atoms with Gasteiger partial charge in [0, 0.05) is 30.4 Å². The molecule has 0 aromatic carbocycles. The quantitative estimate of drug-likeness (QED) is 0.815. The summed E-state index contributed by atoms with van der Waals surface area (Å²) < 4.78 is 0. The Morgan fingerprint density at radius 2 is 1.96 bits per heavy atom. The lowest BCUT2D eigenvalue weighted by Gasteiger charge is -2.36. The Bertz CT molecular complexity index is 685. The lowest BCUT2D eigenvalue weighted by molar-refractivity contribution is 0.0748. The molecule has 150 valence electrons. The van der Waals surface area contributed by atoms with Gasteiger partial charge in [-0.15, -0.1) is 0 Å². The van der Waals surface area contributed by atoms with Crippen LogP contribution in [0.4, 0.5) is 5.82 Å². The molecule has 2 fully saturated rings. The summed E-state index contributed by atoms with van der Waals surface area (Å²) in [4.78, 5) is 26.5. The normalized spacial score (nSPS) is 22.3. The zero-order chi connectivity index (χ0) is 19.6. The van der Waals surface area contributed by atoms with Gasteiger partial charge in [0.1, 0.15) is 5.82 Å². The number of carbonyl (C=O) groups excluding carboxylic acids is 1. The van der Waals surface area contributed by atoms with Gasteiger partial charge < -0.3 is 20.2 Å². The smallest absolute Gasteiger partial charge is 0.289 e. The first kappa shape index (κ1) is 20.0. The summed E-state index contributed by atoms with van der Waals surface area (Å²) in [6, 6.07) is 0.497. The standard InChI is InChI=1S/C20H33N5O2/c1-14-15(2)21-17(19(27)23-20(13-26)9-6-5-7-10-20)22-18(14)25-11-8-16(12-25)24(3)4/h16,26H,5-13H2,1-4H3,(H,23,27)/t16-/m1/s1. The van der Waals surface area contributed by atoms with Gasteiger partial charge in [0.05, 0.1) is 12.1 Å². The van der Waals surface area contributed by atoms with Crippen molar-refractivity contribution >= 4 is 11.7 Å². The summed E-state index contributed by atoms with van der Waals surface area (Å²) in [6.45, 7) is 5.76. The first-order valence-corrected chi connectivity index (χ1v) is 10.1. The molecule has 0 radical (unpaired) electrons. The van der Waals surface area contributed by atoms with E-state index in [1.165, 1.54) is 0 Å². The first-order chi connectivity index (χ1) is 12.8. The summed E-state index contributed by atoms with van der Waals surface area (Å²) in [7, 11) is 4.20. The number of anilines is 1. The number of nitrogens with one attached hydrogen (secondary N) is 1. The van der Waals surface area contributed by atoms with Crippen LogP contribution in [-0.4, -0.2) is 71.3 Å². The third-order valence-electron chi connectivity index (χ3n) is 6.25. The third-order valence-corrected chi connectivity index (χ3v) is 6.25. The molecular formula is C20H33N5O2. The summed E-state index contributed by atoms with van der Waals surface area (Å²) in [6.07, 6.45) is 5.92. The van der Waals surface area contributed by atoms with Crippen LogP contribution in [0.25, 0.3) is 0 Å². The van der Waals surface area contributed by atoms with E-state index < -0.39 is 5.54 Å². The van der Waals surface area contributed by atoms with Crippen LogP contribution in [0.1, 0.15) is 60.4 Å². The maximum absolute atomic E-state index is 12.9. The molecule has 0 bridgehead atoms. The fraction of sp³-hybridized carbons (Fsp3) is 0.750. The SMILES string of the molecule is Cc1nc(C(=O)NC2(CO)CCCCC2)nc(N2CC[C@@H](N(C)C)C2)c1C. The summed E-state index contributed by atoms with van der Waals surface area (Å²) in [5.74, 6) is 0.789. The van der Waals surface area contributed by atoms with E-state index in [9.17, 15) is 9.90 Å². The van der Waals surface area contributed by atoms with Crippen molar-refractivity contribution in [3.63, 3.8) is 0 Å². The molecule has 7 heteroatoms. The molecule has 0 spiro atoms. The molecule has 7 nitrogen and oxygen atoms in total. The van der Waals surface area contributed by atoms with Crippen LogP contribution >= 0.6 is 0 Å². The average molecular weight is 376 g/mol. The fourth-order valence-electron chi connectivity index (χ4n) is 4.23. The zero-order valence-corrected chi connectivity index (χ0v) is 17.1. The predicted octanol–water partition coefficient (Wildman–Crippen LogP) is 1.66. The molecule has 0 unspecified atom stereocenters. The number of rotatable bonds is 5. The molecular weight excluding hydrogens is 342 g/mol. The molecule has 1 amide bonds. The Balaban J connectivity index is 1.82. The van der Waals surface area contributed by atoms with Crippen LogP contribution in [0.5, 0.6) is 0 Å². The summed E-state index contributed by atoms with van der Waals surface area (Å²) >= 11 is 0. The van der Waals surface area contributed by atoms with Gasteiger partial charge in [-0.1, -0.05) is 19.3 Å². The molecule has 3 rings (SSSR count). The number of likely N-dealkylation sites (N-methyl/N-ethyl adjacent to an activating group) is 1. The Hall–Kier alpha value is -1.73.